The van der Waals surface area contributed by atoms with Crippen LogP contribution in [0.3, 0.4) is 0 Å². The summed E-state index contributed by atoms with van der Waals surface area (Å²) >= 11 is 5.91. The van der Waals surface area contributed by atoms with E-state index in [0.29, 0.717) is 22.9 Å². The fraction of sp³-hybridized carbons (Fsp3) is 0.333. The maximum absolute atomic E-state index is 13.3. The molecule has 76 valence electrons. The first-order chi connectivity index (χ1) is 6.65. The maximum atomic E-state index is 13.3. The molecule has 0 saturated carbocycles. The molecule has 0 radical (unpaired) electrons. The van der Waals surface area contributed by atoms with Gasteiger partial charge >= 0.3 is 0 Å². The number of hydrogen-bond donors (Lipinski definition) is 0. The van der Waals surface area contributed by atoms with E-state index in [4.69, 9.17) is 11.6 Å². The predicted octanol–water partition coefficient (Wildman–Crippen LogP) is 4.23. The second-order valence-corrected chi connectivity index (χ2v) is 3.81. The lowest BCUT2D eigenvalue weighted by Crippen LogP contribution is -1.99. The van der Waals surface area contributed by atoms with Crippen molar-refractivity contribution in [2.24, 2.45) is 5.92 Å². The molecule has 1 aromatic carbocycles. The molecule has 0 aliphatic rings. The number of benzene rings is 1. The third-order valence-electron chi connectivity index (χ3n) is 2.11. The van der Waals surface area contributed by atoms with E-state index < -0.39 is 0 Å². The van der Waals surface area contributed by atoms with Crippen LogP contribution in [0, 0.1) is 11.7 Å². The van der Waals surface area contributed by atoms with E-state index in [9.17, 15) is 4.39 Å². The highest BCUT2D eigenvalue weighted by atomic mass is 35.5. The Morgan fingerprint density at radius 3 is 2.79 bits per heavy atom. The molecule has 2 heteroatoms. The molecule has 0 fully saturated rings. The van der Waals surface area contributed by atoms with Crippen molar-refractivity contribution in [2.45, 2.75) is 20.3 Å². The molecular formula is C12H14ClF. The zero-order valence-electron chi connectivity index (χ0n) is 8.43. The van der Waals surface area contributed by atoms with E-state index in [0.717, 1.165) is 0 Å². The van der Waals surface area contributed by atoms with Crippen LogP contribution in [0.5, 0.6) is 0 Å². The number of allylic oxidation sites excluding steroid dienone is 2. The molecule has 0 nitrogen and oxygen atoms in total. The van der Waals surface area contributed by atoms with Crippen LogP contribution in [-0.4, -0.2) is 0 Å². The van der Waals surface area contributed by atoms with Gasteiger partial charge in [-0.3, -0.25) is 0 Å². The number of halogens is 2. The molecule has 1 rings (SSSR count). The summed E-state index contributed by atoms with van der Waals surface area (Å²) in [5.74, 6) is 0.100. The fourth-order valence-electron chi connectivity index (χ4n) is 1.45. The van der Waals surface area contributed by atoms with Gasteiger partial charge in [0.15, 0.2) is 0 Å². The van der Waals surface area contributed by atoms with Crippen molar-refractivity contribution >= 4 is 11.6 Å². The summed E-state index contributed by atoms with van der Waals surface area (Å²) in [7, 11) is 0. The Morgan fingerprint density at radius 2 is 2.21 bits per heavy atom. The highest BCUT2D eigenvalue weighted by molar-refractivity contribution is 6.31. The summed E-state index contributed by atoms with van der Waals surface area (Å²) in [6.07, 6.45) is 4.66. The van der Waals surface area contributed by atoms with Gasteiger partial charge in [-0.2, -0.15) is 0 Å². The van der Waals surface area contributed by atoms with Crippen molar-refractivity contribution in [3.63, 3.8) is 0 Å². The van der Waals surface area contributed by atoms with Crippen LogP contribution in [0.1, 0.15) is 19.4 Å². The minimum atomic E-state index is -0.214. The molecule has 0 bridgehead atoms. The summed E-state index contributed by atoms with van der Waals surface area (Å²) in [4.78, 5) is 0. The van der Waals surface area contributed by atoms with Crippen LogP contribution in [0.25, 0.3) is 0 Å². The summed E-state index contributed by atoms with van der Waals surface area (Å²) < 4.78 is 13.3. The van der Waals surface area contributed by atoms with Crippen LogP contribution in [0.2, 0.25) is 5.02 Å². The van der Waals surface area contributed by atoms with Gasteiger partial charge in [0.1, 0.15) is 5.82 Å². The van der Waals surface area contributed by atoms with Gasteiger partial charge in [-0.15, -0.1) is 0 Å². The minimum Gasteiger partial charge on any atom is -0.207 e. The Balaban J connectivity index is 2.85. The zero-order valence-corrected chi connectivity index (χ0v) is 9.18. The molecule has 0 aliphatic heterocycles. The lowest BCUT2D eigenvalue weighted by molar-refractivity contribution is 0.592. The second kappa shape index (κ2) is 5.16. The van der Waals surface area contributed by atoms with Gasteiger partial charge in [0.2, 0.25) is 0 Å². The van der Waals surface area contributed by atoms with Crippen LogP contribution < -0.4 is 0 Å². The Labute approximate surface area is 89.4 Å². The molecule has 0 heterocycles. The van der Waals surface area contributed by atoms with Crippen LogP contribution in [0.15, 0.2) is 30.4 Å². The SMILES string of the molecule is C/C=C\C(C)Cc1c(F)cccc1Cl. The standard InChI is InChI=1S/C12H14ClF/c1-3-5-9(2)8-10-11(13)6-4-7-12(10)14/h3-7,9H,8H2,1-2H3/b5-3-. The molecular weight excluding hydrogens is 199 g/mol. The molecule has 0 amide bonds. The maximum Gasteiger partial charge on any atom is 0.127 e. The summed E-state index contributed by atoms with van der Waals surface area (Å²) in [5, 5.41) is 0.515. The first-order valence-electron chi connectivity index (χ1n) is 4.71. The van der Waals surface area contributed by atoms with Crippen LogP contribution in [-0.2, 0) is 6.42 Å². The summed E-state index contributed by atoms with van der Waals surface area (Å²) in [6, 6.07) is 4.80. The summed E-state index contributed by atoms with van der Waals surface area (Å²) in [5.41, 5.74) is 0.611. The molecule has 0 spiro atoms. The topological polar surface area (TPSA) is 0 Å². The molecule has 1 unspecified atom stereocenters. The van der Waals surface area contributed by atoms with Crippen LogP contribution >= 0.6 is 11.6 Å². The van der Waals surface area contributed by atoms with Gasteiger partial charge in [-0.1, -0.05) is 36.7 Å². The Kier molecular flexibility index (Phi) is 4.15. The van der Waals surface area contributed by atoms with Crippen molar-refractivity contribution in [2.75, 3.05) is 0 Å². The smallest absolute Gasteiger partial charge is 0.127 e. The van der Waals surface area contributed by atoms with Gasteiger partial charge in [0, 0.05) is 10.6 Å². The second-order valence-electron chi connectivity index (χ2n) is 3.41. The van der Waals surface area contributed by atoms with Gasteiger partial charge in [-0.25, -0.2) is 4.39 Å². The van der Waals surface area contributed by atoms with Gasteiger partial charge in [-0.05, 0) is 31.4 Å². The van der Waals surface area contributed by atoms with E-state index in [2.05, 4.69) is 0 Å². The minimum absolute atomic E-state index is 0.214. The molecule has 14 heavy (non-hydrogen) atoms. The monoisotopic (exact) mass is 212 g/mol. The van der Waals surface area contributed by atoms with Crippen molar-refractivity contribution in [1.29, 1.82) is 0 Å². The number of hydrogen-bond acceptors (Lipinski definition) is 0. The highest BCUT2D eigenvalue weighted by Crippen LogP contribution is 2.22. The van der Waals surface area contributed by atoms with E-state index in [1.54, 1.807) is 12.1 Å². The van der Waals surface area contributed by atoms with Crippen molar-refractivity contribution < 1.29 is 4.39 Å². The normalized spacial score (nSPS) is 13.4. The first kappa shape index (κ1) is 11.3. The Bertz CT molecular complexity index is 311. The fourth-order valence-corrected chi connectivity index (χ4v) is 1.69. The summed E-state index contributed by atoms with van der Waals surface area (Å²) in [6.45, 7) is 4.00. The van der Waals surface area contributed by atoms with E-state index in [-0.39, 0.29) is 5.82 Å². The van der Waals surface area contributed by atoms with Crippen LogP contribution in [0.4, 0.5) is 4.39 Å². The molecule has 0 aliphatic carbocycles. The lowest BCUT2D eigenvalue weighted by atomic mass is 10.0. The van der Waals surface area contributed by atoms with Crippen molar-refractivity contribution in [3.05, 3.63) is 46.8 Å². The van der Waals surface area contributed by atoms with E-state index >= 15 is 0 Å². The van der Waals surface area contributed by atoms with Gasteiger partial charge in [0.05, 0.1) is 0 Å². The average molecular weight is 213 g/mol. The average Bonchev–Trinajstić information content (AvgIpc) is 2.12. The van der Waals surface area contributed by atoms with E-state index in [1.807, 2.05) is 26.0 Å². The third-order valence-corrected chi connectivity index (χ3v) is 2.46. The number of rotatable bonds is 3. The molecule has 0 N–H and O–H groups in total. The first-order valence-corrected chi connectivity index (χ1v) is 5.08. The highest BCUT2D eigenvalue weighted by Gasteiger charge is 2.08. The molecule has 0 aromatic heterocycles. The quantitative estimate of drug-likeness (QED) is 0.658. The van der Waals surface area contributed by atoms with Crippen molar-refractivity contribution in [1.82, 2.24) is 0 Å². The largest absolute Gasteiger partial charge is 0.207 e. The Morgan fingerprint density at radius 1 is 1.50 bits per heavy atom. The lowest BCUT2D eigenvalue weighted by Gasteiger charge is -2.08. The molecule has 1 aromatic rings. The molecule has 1 atom stereocenters. The third kappa shape index (κ3) is 2.85. The predicted molar refractivity (Wildman–Crippen MR) is 59.1 cm³/mol. The van der Waals surface area contributed by atoms with Gasteiger partial charge in [0.25, 0.3) is 0 Å². The zero-order chi connectivity index (χ0) is 10.6. The van der Waals surface area contributed by atoms with Crippen molar-refractivity contribution in [3.8, 4) is 0 Å². The van der Waals surface area contributed by atoms with E-state index in [1.165, 1.54) is 6.07 Å². The molecule has 0 saturated heterocycles. The van der Waals surface area contributed by atoms with Gasteiger partial charge < -0.3 is 0 Å². The Hall–Kier alpha value is -0.820.